The summed E-state index contributed by atoms with van der Waals surface area (Å²) in [6.45, 7) is 0. The topological polar surface area (TPSA) is 99.7 Å². The number of anilines is 3. The molecule has 0 radical (unpaired) electrons. The predicted molar refractivity (Wildman–Crippen MR) is 121 cm³/mol. The van der Waals surface area contributed by atoms with Gasteiger partial charge in [0.1, 0.15) is 5.75 Å². The first kappa shape index (κ1) is 22.6. The molecular weight excluding hydrogens is 440 g/mol. The van der Waals surface area contributed by atoms with Crippen molar-refractivity contribution in [1.82, 2.24) is 0 Å². The van der Waals surface area contributed by atoms with E-state index in [9.17, 15) is 18.4 Å². The minimum atomic E-state index is -1.13. The van der Waals surface area contributed by atoms with Crippen LogP contribution in [-0.2, 0) is 0 Å². The number of aromatic carboxylic acids is 1. The second-order valence-corrected chi connectivity index (χ2v) is 6.87. The van der Waals surface area contributed by atoms with Gasteiger partial charge in [-0.3, -0.25) is 4.79 Å². The fourth-order valence-corrected chi connectivity index (χ4v) is 2.97. The van der Waals surface area contributed by atoms with Gasteiger partial charge in [0.15, 0.2) is 16.7 Å². The maximum absolute atomic E-state index is 13.4. The van der Waals surface area contributed by atoms with Crippen LogP contribution in [0.5, 0.6) is 5.75 Å². The van der Waals surface area contributed by atoms with Gasteiger partial charge in [0.25, 0.3) is 5.91 Å². The summed E-state index contributed by atoms with van der Waals surface area (Å²) in [6, 6.07) is 13.6. The van der Waals surface area contributed by atoms with E-state index in [1.54, 1.807) is 24.3 Å². The van der Waals surface area contributed by atoms with Crippen LogP contribution in [0.3, 0.4) is 0 Å². The molecule has 3 rings (SSSR count). The average molecular weight is 457 g/mol. The van der Waals surface area contributed by atoms with Crippen LogP contribution in [0, 0.1) is 11.6 Å². The third kappa shape index (κ3) is 5.55. The van der Waals surface area contributed by atoms with E-state index in [4.69, 9.17) is 22.1 Å². The van der Waals surface area contributed by atoms with Crippen LogP contribution in [0.25, 0.3) is 0 Å². The Bertz CT molecular complexity index is 1200. The molecule has 0 aromatic heterocycles. The standard InChI is InChI=1S/C22H17F2N3O4S/c1-31-19-8-6-15(25-20(28)12-5-7-16(23)17(24)10-12)11-18(19)27-22(32)26-14-4-2-3-13(9-14)21(29)30/h2-11H,1H3,(H,25,28)(H,29,30)(H2,26,27,32). The minimum absolute atomic E-state index is 0.0512. The van der Waals surface area contributed by atoms with Crippen molar-refractivity contribution < 1.29 is 28.2 Å². The third-order valence-electron chi connectivity index (χ3n) is 4.25. The largest absolute Gasteiger partial charge is 0.495 e. The second-order valence-electron chi connectivity index (χ2n) is 6.46. The van der Waals surface area contributed by atoms with Gasteiger partial charge in [-0.1, -0.05) is 6.07 Å². The van der Waals surface area contributed by atoms with E-state index in [1.165, 1.54) is 31.4 Å². The lowest BCUT2D eigenvalue weighted by molar-refractivity contribution is 0.0696. The lowest BCUT2D eigenvalue weighted by atomic mass is 10.2. The molecular formula is C22H17F2N3O4S. The van der Waals surface area contributed by atoms with Crippen molar-refractivity contribution in [3.8, 4) is 5.75 Å². The molecule has 0 heterocycles. The lowest BCUT2D eigenvalue weighted by Gasteiger charge is -2.15. The van der Waals surface area contributed by atoms with Gasteiger partial charge in [-0.15, -0.1) is 0 Å². The summed E-state index contributed by atoms with van der Waals surface area (Å²) >= 11 is 5.28. The van der Waals surface area contributed by atoms with Gasteiger partial charge >= 0.3 is 5.97 Å². The van der Waals surface area contributed by atoms with Crippen LogP contribution in [0.15, 0.2) is 60.7 Å². The quantitative estimate of drug-likeness (QED) is 0.397. The summed E-state index contributed by atoms with van der Waals surface area (Å²) in [4.78, 5) is 23.5. The molecule has 7 nitrogen and oxygen atoms in total. The Morgan fingerprint density at radius 2 is 1.62 bits per heavy atom. The molecule has 0 atom stereocenters. The Balaban J connectivity index is 1.75. The van der Waals surface area contributed by atoms with Crippen molar-refractivity contribution in [2.24, 2.45) is 0 Å². The van der Waals surface area contributed by atoms with Crippen LogP contribution in [0.1, 0.15) is 20.7 Å². The smallest absolute Gasteiger partial charge is 0.335 e. The molecule has 0 aliphatic rings. The number of hydrogen-bond donors (Lipinski definition) is 4. The first-order chi connectivity index (χ1) is 15.3. The first-order valence-electron chi connectivity index (χ1n) is 9.12. The number of carbonyl (C=O) groups is 2. The number of rotatable bonds is 6. The van der Waals surface area contributed by atoms with E-state index in [-0.39, 0.29) is 16.2 Å². The fraction of sp³-hybridized carbons (Fsp3) is 0.0455. The van der Waals surface area contributed by atoms with Crippen LogP contribution in [0.4, 0.5) is 25.8 Å². The molecule has 0 saturated heterocycles. The number of hydrogen-bond acceptors (Lipinski definition) is 4. The van der Waals surface area contributed by atoms with Gasteiger partial charge in [0.05, 0.1) is 18.4 Å². The highest BCUT2D eigenvalue weighted by atomic mass is 32.1. The van der Waals surface area contributed by atoms with E-state index in [0.29, 0.717) is 22.8 Å². The highest BCUT2D eigenvalue weighted by molar-refractivity contribution is 7.80. The molecule has 10 heteroatoms. The van der Waals surface area contributed by atoms with Gasteiger partial charge in [-0.25, -0.2) is 13.6 Å². The second kappa shape index (κ2) is 9.84. The summed E-state index contributed by atoms with van der Waals surface area (Å²) in [5.41, 5.74) is 1.26. The Kier molecular flexibility index (Phi) is 6.96. The number of carbonyl (C=O) groups excluding carboxylic acids is 1. The summed E-state index contributed by atoms with van der Waals surface area (Å²) in [5, 5.41) is 17.6. The molecule has 1 amide bonds. The van der Waals surface area contributed by atoms with Crippen molar-refractivity contribution in [2.45, 2.75) is 0 Å². The molecule has 0 aliphatic carbocycles. The van der Waals surface area contributed by atoms with Gasteiger partial charge in [-0.2, -0.15) is 0 Å². The molecule has 3 aromatic carbocycles. The molecule has 0 bridgehead atoms. The monoisotopic (exact) mass is 457 g/mol. The summed E-state index contributed by atoms with van der Waals surface area (Å²) < 4.78 is 31.8. The number of thiocarbonyl (C=S) groups is 1. The van der Waals surface area contributed by atoms with Gasteiger partial charge in [0.2, 0.25) is 0 Å². The van der Waals surface area contributed by atoms with Crippen molar-refractivity contribution in [1.29, 1.82) is 0 Å². The normalized spacial score (nSPS) is 10.2. The molecule has 4 N–H and O–H groups in total. The molecule has 0 unspecified atom stereocenters. The van der Waals surface area contributed by atoms with Crippen LogP contribution in [-0.4, -0.2) is 29.2 Å². The summed E-state index contributed by atoms with van der Waals surface area (Å²) in [7, 11) is 1.45. The summed E-state index contributed by atoms with van der Waals surface area (Å²) in [5.74, 6) is -3.46. The molecule has 0 saturated carbocycles. The Hall–Kier alpha value is -4.05. The summed E-state index contributed by atoms with van der Waals surface area (Å²) in [6.07, 6.45) is 0. The Labute approximate surface area is 187 Å². The molecule has 0 aliphatic heterocycles. The fourth-order valence-electron chi connectivity index (χ4n) is 2.74. The average Bonchev–Trinajstić information content (AvgIpc) is 2.76. The van der Waals surface area contributed by atoms with Crippen LogP contribution in [0.2, 0.25) is 0 Å². The highest BCUT2D eigenvalue weighted by Gasteiger charge is 2.13. The van der Waals surface area contributed by atoms with Crippen molar-refractivity contribution in [3.05, 3.63) is 83.4 Å². The van der Waals surface area contributed by atoms with E-state index in [2.05, 4.69) is 16.0 Å². The number of methoxy groups -OCH3 is 1. The first-order valence-corrected chi connectivity index (χ1v) is 9.53. The number of amides is 1. The highest BCUT2D eigenvalue weighted by Crippen LogP contribution is 2.28. The zero-order valence-electron chi connectivity index (χ0n) is 16.6. The van der Waals surface area contributed by atoms with Gasteiger partial charge in [-0.05, 0) is 66.8 Å². The number of nitrogens with one attached hydrogen (secondary N) is 3. The zero-order chi connectivity index (χ0) is 23.3. The van der Waals surface area contributed by atoms with Crippen molar-refractivity contribution in [3.63, 3.8) is 0 Å². The Morgan fingerprint density at radius 1 is 0.875 bits per heavy atom. The Morgan fingerprint density at radius 3 is 2.31 bits per heavy atom. The maximum atomic E-state index is 13.4. The molecule has 0 spiro atoms. The van der Waals surface area contributed by atoms with Gasteiger partial charge < -0.3 is 25.8 Å². The van der Waals surface area contributed by atoms with Crippen molar-refractivity contribution >= 4 is 46.3 Å². The molecule has 164 valence electrons. The number of benzene rings is 3. The van der Waals surface area contributed by atoms with E-state index >= 15 is 0 Å². The van der Waals surface area contributed by atoms with Crippen LogP contribution >= 0.6 is 12.2 Å². The SMILES string of the molecule is COc1ccc(NC(=O)c2ccc(F)c(F)c2)cc1NC(=S)Nc1cccc(C(=O)O)c1. The number of ether oxygens (including phenoxy) is 1. The van der Waals surface area contributed by atoms with Crippen LogP contribution < -0.4 is 20.7 Å². The number of halogens is 2. The predicted octanol–water partition coefficient (Wildman–Crippen LogP) is 4.73. The van der Waals surface area contributed by atoms with E-state index in [1.807, 2.05) is 0 Å². The number of carboxylic acids is 1. The minimum Gasteiger partial charge on any atom is -0.495 e. The molecule has 32 heavy (non-hydrogen) atoms. The third-order valence-corrected chi connectivity index (χ3v) is 4.46. The van der Waals surface area contributed by atoms with Gasteiger partial charge in [0, 0.05) is 16.9 Å². The molecule has 3 aromatic rings. The zero-order valence-corrected chi connectivity index (χ0v) is 17.4. The maximum Gasteiger partial charge on any atom is 0.335 e. The van der Waals surface area contributed by atoms with Crippen molar-refractivity contribution in [2.75, 3.05) is 23.1 Å². The van der Waals surface area contributed by atoms with E-state index < -0.39 is 23.5 Å². The number of carboxylic acid groups (broad SMARTS) is 1. The van der Waals surface area contributed by atoms with E-state index in [0.717, 1.165) is 12.1 Å². The lowest BCUT2D eigenvalue weighted by Crippen LogP contribution is -2.20. The molecule has 0 fully saturated rings.